The molecule has 0 aliphatic carbocycles. The predicted octanol–water partition coefficient (Wildman–Crippen LogP) is 1.26. The lowest BCUT2D eigenvalue weighted by Gasteiger charge is -2.17. The standard InChI is InChI=1S/C18H18N4O3/c1-11-7-12(2)9-14(8-11)22-16(23)10-15(18(22)25)20-21-17(24)13-3-5-19-6-4-13/h3-9,15,20H,10H2,1-2H3,(H,21,24)/t15-/m0/s1. The number of pyridine rings is 1. The number of aryl methyl sites for hydroxylation is 2. The lowest BCUT2D eigenvalue weighted by atomic mass is 10.1. The molecule has 1 fully saturated rings. The van der Waals surface area contributed by atoms with Gasteiger partial charge in [-0.25, -0.2) is 10.3 Å². The van der Waals surface area contributed by atoms with Gasteiger partial charge in [-0.15, -0.1) is 0 Å². The van der Waals surface area contributed by atoms with Crippen LogP contribution in [-0.4, -0.2) is 28.7 Å². The second-order valence-electron chi connectivity index (χ2n) is 6.00. The molecule has 0 unspecified atom stereocenters. The Morgan fingerprint density at radius 3 is 2.40 bits per heavy atom. The van der Waals surface area contributed by atoms with Gasteiger partial charge in [-0.3, -0.25) is 24.8 Å². The third kappa shape index (κ3) is 3.56. The number of hydrogen-bond acceptors (Lipinski definition) is 5. The van der Waals surface area contributed by atoms with Crippen LogP contribution in [0.5, 0.6) is 0 Å². The molecule has 1 aromatic heterocycles. The molecule has 3 amide bonds. The minimum absolute atomic E-state index is 0.0115. The molecule has 0 bridgehead atoms. The van der Waals surface area contributed by atoms with E-state index in [9.17, 15) is 14.4 Å². The van der Waals surface area contributed by atoms with Crippen LogP contribution in [0.4, 0.5) is 5.69 Å². The number of nitrogens with zero attached hydrogens (tertiary/aromatic N) is 2. The van der Waals surface area contributed by atoms with Crippen molar-refractivity contribution in [3.63, 3.8) is 0 Å². The van der Waals surface area contributed by atoms with Gasteiger partial charge < -0.3 is 0 Å². The van der Waals surface area contributed by atoms with Crippen molar-refractivity contribution >= 4 is 23.4 Å². The summed E-state index contributed by atoms with van der Waals surface area (Å²) in [4.78, 5) is 41.9. The van der Waals surface area contributed by atoms with E-state index in [1.807, 2.05) is 19.9 Å². The average Bonchev–Trinajstić information content (AvgIpc) is 2.86. The highest BCUT2D eigenvalue weighted by atomic mass is 16.2. The SMILES string of the molecule is Cc1cc(C)cc(N2C(=O)C[C@H](NNC(=O)c3ccncc3)C2=O)c1. The van der Waals surface area contributed by atoms with Crippen LogP contribution in [0.2, 0.25) is 0 Å². The van der Waals surface area contributed by atoms with Gasteiger partial charge in [0.1, 0.15) is 6.04 Å². The first kappa shape index (κ1) is 16.8. The number of amides is 3. The normalized spacial score (nSPS) is 17.0. The van der Waals surface area contributed by atoms with E-state index in [-0.39, 0.29) is 18.2 Å². The van der Waals surface area contributed by atoms with Crippen LogP contribution < -0.4 is 15.8 Å². The highest BCUT2D eigenvalue weighted by Crippen LogP contribution is 2.25. The van der Waals surface area contributed by atoms with E-state index in [2.05, 4.69) is 15.8 Å². The minimum atomic E-state index is -0.792. The number of carbonyl (C=O) groups is 3. The van der Waals surface area contributed by atoms with Crippen molar-refractivity contribution in [2.45, 2.75) is 26.3 Å². The largest absolute Gasteiger partial charge is 0.287 e. The first-order chi connectivity index (χ1) is 12.0. The maximum Gasteiger partial charge on any atom is 0.265 e. The van der Waals surface area contributed by atoms with Gasteiger partial charge in [-0.2, -0.15) is 0 Å². The molecule has 1 aliphatic rings. The number of hydrogen-bond donors (Lipinski definition) is 2. The maximum absolute atomic E-state index is 12.6. The van der Waals surface area contributed by atoms with Crippen molar-refractivity contribution in [2.24, 2.45) is 0 Å². The fourth-order valence-electron chi connectivity index (χ4n) is 2.82. The van der Waals surface area contributed by atoms with Crippen LogP contribution in [0.15, 0.2) is 42.7 Å². The van der Waals surface area contributed by atoms with Gasteiger partial charge in [-0.1, -0.05) is 6.07 Å². The third-order valence-corrected chi connectivity index (χ3v) is 3.91. The van der Waals surface area contributed by atoms with Crippen LogP contribution in [0.1, 0.15) is 27.9 Å². The molecule has 7 nitrogen and oxygen atoms in total. The van der Waals surface area contributed by atoms with E-state index in [4.69, 9.17) is 0 Å². The highest BCUT2D eigenvalue weighted by Gasteiger charge is 2.39. The van der Waals surface area contributed by atoms with Gasteiger partial charge in [-0.05, 0) is 49.2 Å². The van der Waals surface area contributed by atoms with Gasteiger partial charge in [0, 0.05) is 18.0 Å². The quantitative estimate of drug-likeness (QED) is 0.647. The monoisotopic (exact) mass is 338 g/mol. The summed E-state index contributed by atoms with van der Waals surface area (Å²) in [6, 6.07) is 7.88. The molecule has 7 heteroatoms. The van der Waals surface area contributed by atoms with Crippen LogP contribution in [0.25, 0.3) is 0 Å². The Morgan fingerprint density at radius 1 is 1.12 bits per heavy atom. The molecule has 1 aromatic carbocycles. The zero-order chi connectivity index (χ0) is 18.0. The molecule has 25 heavy (non-hydrogen) atoms. The topological polar surface area (TPSA) is 91.4 Å². The molecule has 0 radical (unpaired) electrons. The number of imide groups is 1. The summed E-state index contributed by atoms with van der Waals surface area (Å²) in [7, 11) is 0. The number of rotatable bonds is 4. The fraction of sp³-hybridized carbons (Fsp3) is 0.222. The van der Waals surface area contributed by atoms with E-state index in [0.717, 1.165) is 16.0 Å². The molecule has 1 atom stereocenters. The van der Waals surface area contributed by atoms with Gasteiger partial charge in [0.25, 0.3) is 11.8 Å². The Bertz CT molecular complexity index is 815. The molecule has 128 valence electrons. The van der Waals surface area contributed by atoms with E-state index < -0.39 is 11.9 Å². The van der Waals surface area contributed by atoms with Crippen molar-refractivity contribution in [3.05, 3.63) is 59.4 Å². The Labute approximate surface area is 145 Å². The zero-order valence-corrected chi connectivity index (χ0v) is 13.9. The Balaban J connectivity index is 1.70. The van der Waals surface area contributed by atoms with Crippen molar-refractivity contribution in [3.8, 4) is 0 Å². The molecule has 2 aromatic rings. The number of nitrogens with one attached hydrogen (secondary N) is 2. The number of aromatic nitrogens is 1. The van der Waals surface area contributed by atoms with E-state index in [1.54, 1.807) is 24.3 Å². The summed E-state index contributed by atoms with van der Waals surface area (Å²) in [6.45, 7) is 3.82. The molecule has 0 spiro atoms. The average molecular weight is 338 g/mol. The molecule has 2 N–H and O–H groups in total. The summed E-state index contributed by atoms with van der Waals surface area (Å²) >= 11 is 0. The van der Waals surface area contributed by atoms with Gasteiger partial charge in [0.05, 0.1) is 12.1 Å². The molecular weight excluding hydrogens is 320 g/mol. The Kier molecular flexibility index (Phi) is 4.58. The van der Waals surface area contributed by atoms with E-state index in [1.165, 1.54) is 12.4 Å². The van der Waals surface area contributed by atoms with Crippen molar-refractivity contribution in [1.29, 1.82) is 0 Å². The van der Waals surface area contributed by atoms with Crippen LogP contribution in [-0.2, 0) is 9.59 Å². The Hall–Kier alpha value is -3.06. The van der Waals surface area contributed by atoms with Crippen molar-refractivity contribution < 1.29 is 14.4 Å². The first-order valence-electron chi connectivity index (χ1n) is 7.86. The number of anilines is 1. The number of carbonyl (C=O) groups excluding carboxylic acids is 3. The summed E-state index contributed by atoms with van der Waals surface area (Å²) in [5, 5.41) is 0. The fourth-order valence-corrected chi connectivity index (χ4v) is 2.82. The van der Waals surface area contributed by atoms with Gasteiger partial charge >= 0.3 is 0 Å². The molecule has 0 saturated carbocycles. The molecule has 2 heterocycles. The molecule has 1 aliphatic heterocycles. The molecular formula is C18H18N4O3. The second-order valence-corrected chi connectivity index (χ2v) is 6.00. The van der Waals surface area contributed by atoms with Gasteiger partial charge in [0.2, 0.25) is 5.91 Å². The molecule has 1 saturated heterocycles. The van der Waals surface area contributed by atoms with E-state index >= 15 is 0 Å². The van der Waals surface area contributed by atoms with Crippen LogP contribution in [0, 0.1) is 13.8 Å². The number of benzene rings is 1. The van der Waals surface area contributed by atoms with Crippen molar-refractivity contribution in [2.75, 3.05) is 4.90 Å². The summed E-state index contributed by atoms with van der Waals surface area (Å²) < 4.78 is 0. The lowest BCUT2D eigenvalue weighted by molar-refractivity contribution is -0.121. The zero-order valence-electron chi connectivity index (χ0n) is 13.9. The van der Waals surface area contributed by atoms with E-state index in [0.29, 0.717) is 11.3 Å². The summed E-state index contributed by atoms with van der Waals surface area (Å²) in [6.07, 6.45) is 2.99. The second kappa shape index (κ2) is 6.82. The van der Waals surface area contributed by atoms with Crippen LogP contribution >= 0.6 is 0 Å². The summed E-state index contributed by atoms with van der Waals surface area (Å²) in [5.41, 5.74) is 8.03. The lowest BCUT2D eigenvalue weighted by Crippen LogP contribution is -2.48. The summed E-state index contributed by atoms with van der Waals surface area (Å²) in [5.74, 6) is -1.08. The molecule has 3 rings (SSSR count). The smallest absolute Gasteiger partial charge is 0.265 e. The van der Waals surface area contributed by atoms with Crippen molar-refractivity contribution in [1.82, 2.24) is 15.8 Å². The third-order valence-electron chi connectivity index (χ3n) is 3.91. The highest BCUT2D eigenvalue weighted by molar-refractivity contribution is 6.22. The predicted molar refractivity (Wildman–Crippen MR) is 91.7 cm³/mol. The maximum atomic E-state index is 12.6. The first-order valence-corrected chi connectivity index (χ1v) is 7.86. The van der Waals surface area contributed by atoms with Gasteiger partial charge in [0.15, 0.2) is 0 Å². The van der Waals surface area contributed by atoms with Crippen LogP contribution in [0.3, 0.4) is 0 Å². The minimum Gasteiger partial charge on any atom is -0.287 e. The number of hydrazine groups is 1. The Morgan fingerprint density at radius 2 is 1.76 bits per heavy atom.